The summed E-state index contributed by atoms with van der Waals surface area (Å²) in [7, 11) is 1.73. The maximum atomic E-state index is 5.96. The Kier molecular flexibility index (Phi) is 5.02. The summed E-state index contributed by atoms with van der Waals surface area (Å²) in [5, 5.41) is 0. The van der Waals surface area contributed by atoms with Gasteiger partial charge in [0.25, 0.3) is 0 Å². The fraction of sp³-hybridized carbons (Fsp3) is 0.600. The molecule has 1 unspecified atom stereocenters. The summed E-state index contributed by atoms with van der Waals surface area (Å²) in [6.45, 7) is 3.10. The second-order valence-corrected chi connectivity index (χ2v) is 5.00. The van der Waals surface area contributed by atoms with Crippen molar-refractivity contribution in [3.05, 3.63) is 29.8 Å². The molecule has 1 atom stereocenters. The molecule has 0 bridgehead atoms. The largest absolute Gasteiger partial charge is 0.496 e. The lowest BCUT2D eigenvalue weighted by atomic mass is 10.0. The molecule has 0 amide bonds. The number of piperidine rings is 1. The van der Waals surface area contributed by atoms with Crippen molar-refractivity contribution < 1.29 is 4.74 Å². The molecule has 2 N–H and O–H groups in total. The molecule has 18 heavy (non-hydrogen) atoms. The molecule has 1 saturated heterocycles. The van der Waals surface area contributed by atoms with Crippen LogP contribution in [0.2, 0.25) is 0 Å². The minimum atomic E-state index is 0.446. The number of hydrogen-bond donors (Lipinski definition) is 1. The van der Waals surface area contributed by atoms with Crippen LogP contribution in [0.25, 0.3) is 0 Å². The highest BCUT2D eigenvalue weighted by atomic mass is 16.5. The van der Waals surface area contributed by atoms with Gasteiger partial charge in [-0.05, 0) is 44.0 Å². The smallest absolute Gasteiger partial charge is 0.122 e. The predicted octanol–water partition coefficient (Wildman–Crippen LogP) is 2.05. The molecule has 100 valence electrons. The van der Waals surface area contributed by atoms with E-state index >= 15 is 0 Å². The van der Waals surface area contributed by atoms with Crippen molar-refractivity contribution in [3.8, 4) is 5.75 Å². The van der Waals surface area contributed by atoms with E-state index in [4.69, 9.17) is 10.5 Å². The van der Waals surface area contributed by atoms with Crippen LogP contribution in [0.1, 0.15) is 24.8 Å². The molecule has 0 spiro atoms. The summed E-state index contributed by atoms with van der Waals surface area (Å²) in [4.78, 5) is 2.54. The molecule has 1 fully saturated rings. The molecule has 0 aromatic heterocycles. The summed E-state index contributed by atoms with van der Waals surface area (Å²) < 4.78 is 5.42. The highest BCUT2D eigenvalue weighted by Gasteiger charge is 2.20. The SMILES string of the molecule is COc1ccccc1CC(CN)N1CCCCC1. The van der Waals surface area contributed by atoms with E-state index in [2.05, 4.69) is 17.0 Å². The molecular weight excluding hydrogens is 224 g/mol. The Morgan fingerprint density at radius 2 is 1.94 bits per heavy atom. The lowest BCUT2D eigenvalue weighted by Crippen LogP contribution is -2.44. The second-order valence-electron chi connectivity index (χ2n) is 5.00. The van der Waals surface area contributed by atoms with Gasteiger partial charge >= 0.3 is 0 Å². The van der Waals surface area contributed by atoms with Crippen molar-refractivity contribution in [1.82, 2.24) is 4.90 Å². The van der Waals surface area contributed by atoms with Crippen molar-refractivity contribution in [2.24, 2.45) is 5.73 Å². The van der Waals surface area contributed by atoms with Crippen molar-refractivity contribution in [1.29, 1.82) is 0 Å². The number of para-hydroxylation sites is 1. The van der Waals surface area contributed by atoms with E-state index in [1.54, 1.807) is 7.11 Å². The van der Waals surface area contributed by atoms with Crippen molar-refractivity contribution in [2.75, 3.05) is 26.7 Å². The molecule has 0 radical (unpaired) electrons. The fourth-order valence-corrected chi connectivity index (χ4v) is 2.77. The Labute approximate surface area is 110 Å². The van der Waals surface area contributed by atoms with E-state index in [0.717, 1.165) is 18.7 Å². The molecule has 1 aliphatic rings. The quantitative estimate of drug-likeness (QED) is 0.866. The van der Waals surface area contributed by atoms with Gasteiger partial charge < -0.3 is 10.5 Å². The molecule has 0 saturated carbocycles. The standard InChI is InChI=1S/C15H24N2O/c1-18-15-8-4-3-7-13(15)11-14(12-16)17-9-5-2-6-10-17/h3-4,7-8,14H,2,5-6,9-12,16H2,1H3. The van der Waals surface area contributed by atoms with Crippen LogP contribution in [-0.4, -0.2) is 37.7 Å². The molecular formula is C15H24N2O. The van der Waals surface area contributed by atoms with Gasteiger partial charge in [-0.15, -0.1) is 0 Å². The van der Waals surface area contributed by atoms with Crippen molar-refractivity contribution in [2.45, 2.75) is 31.7 Å². The number of likely N-dealkylation sites (tertiary alicyclic amines) is 1. The summed E-state index contributed by atoms with van der Waals surface area (Å²) in [6.07, 6.45) is 4.97. The maximum Gasteiger partial charge on any atom is 0.122 e. The average Bonchev–Trinajstić information content (AvgIpc) is 2.46. The minimum absolute atomic E-state index is 0.446. The molecule has 1 aliphatic heterocycles. The number of rotatable bonds is 5. The fourth-order valence-electron chi connectivity index (χ4n) is 2.77. The summed E-state index contributed by atoms with van der Waals surface area (Å²) in [5.41, 5.74) is 7.23. The summed E-state index contributed by atoms with van der Waals surface area (Å²) in [5.74, 6) is 0.980. The van der Waals surface area contributed by atoms with Crippen LogP contribution < -0.4 is 10.5 Å². The minimum Gasteiger partial charge on any atom is -0.496 e. The monoisotopic (exact) mass is 248 g/mol. The summed E-state index contributed by atoms with van der Waals surface area (Å²) in [6, 6.07) is 8.70. The van der Waals surface area contributed by atoms with Gasteiger partial charge in [-0.2, -0.15) is 0 Å². The average molecular weight is 248 g/mol. The van der Waals surface area contributed by atoms with E-state index in [0.29, 0.717) is 6.04 Å². The zero-order valence-corrected chi connectivity index (χ0v) is 11.3. The zero-order valence-electron chi connectivity index (χ0n) is 11.3. The van der Waals surface area contributed by atoms with Gasteiger partial charge in [0.1, 0.15) is 5.75 Å². The van der Waals surface area contributed by atoms with Crippen LogP contribution in [0.15, 0.2) is 24.3 Å². The van der Waals surface area contributed by atoms with E-state index in [1.807, 2.05) is 12.1 Å². The van der Waals surface area contributed by atoms with Crippen LogP contribution in [0.4, 0.5) is 0 Å². The van der Waals surface area contributed by atoms with Crippen molar-refractivity contribution >= 4 is 0 Å². The Bertz CT molecular complexity index is 361. The van der Waals surface area contributed by atoms with E-state index < -0.39 is 0 Å². The third-order valence-electron chi connectivity index (χ3n) is 3.83. The van der Waals surface area contributed by atoms with E-state index in [-0.39, 0.29) is 0 Å². The molecule has 1 aromatic carbocycles. The van der Waals surface area contributed by atoms with Crippen LogP contribution in [-0.2, 0) is 6.42 Å². The zero-order chi connectivity index (χ0) is 12.8. The number of nitrogens with two attached hydrogens (primary N) is 1. The topological polar surface area (TPSA) is 38.5 Å². The third-order valence-corrected chi connectivity index (χ3v) is 3.83. The molecule has 1 aromatic rings. The third kappa shape index (κ3) is 3.24. The molecule has 0 aliphatic carbocycles. The molecule has 2 rings (SSSR count). The Morgan fingerprint density at radius 1 is 1.22 bits per heavy atom. The first kappa shape index (κ1) is 13.4. The number of nitrogens with zero attached hydrogens (tertiary/aromatic N) is 1. The van der Waals surface area contributed by atoms with Gasteiger partial charge in [-0.1, -0.05) is 24.6 Å². The van der Waals surface area contributed by atoms with Crippen LogP contribution >= 0.6 is 0 Å². The lowest BCUT2D eigenvalue weighted by molar-refractivity contribution is 0.165. The van der Waals surface area contributed by atoms with Gasteiger partial charge in [0.15, 0.2) is 0 Å². The lowest BCUT2D eigenvalue weighted by Gasteiger charge is -2.34. The van der Waals surface area contributed by atoms with E-state index in [9.17, 15) is 0 Å². The van der Waals surface area contributed by atoms with Gasteiger partial charge in [0.2, 0.25) is 0 Å². The van der Waals surface area contributed by atoms with Crippen LogP contribution in [0, 0.1) is 0 Å². The Morgan fingerprint density at radius 3 is 2.61 bits per heavy atom. The predicted molar refractivity (Wildman–Crippen MR) is 75.0 cm³/mol. The highest BCUT2D eigenvalue weighted by molar-refractivity contribution is 5.33. The number of methoxy groups -OCH3 is 1. The van der Waals surface area contributed by atoms with Gasteiger partial charge in [-0.25, -0.2) is 0 Å². The number of benzene rings is 1. The molecule has 1 heterocycles. The molecule has 3 heteroatoms. The molecule has 3 nitrogen and oxygen atoms in total. The first-order valence-electron chi connectivity index (χ1n) is 6.91. The van der Waals surface area contributed by atoms with E-state index in [1.165, 1.54) is 37.9 Å². The van der Waals surface area contributed by atoms with Gasteiger partial charge in [-0.3, -0.25) is 4.90 Å². The normalized spacial score (nSPS) is 18.6. The first-order chi connectivity index (χ1) is 8.85. The summed E-state index contributed by atoms with van der Waals surface area (Å²) >= 11 is 0. The van der Waals surface area contributed by atoms with Crippen LogP contribution in [0.5, 0.6) is 5.75 Å². The van der Waals surface area contributed by atoms with Crippen LogP contribution in [0.3, 0.4) is 0 Å². The first-order valence-corrected chi connectivity index (χ1v) is 6.91. The highest BCUT2D eigenvalue weighted by Crippen LogP contribution is 2.21. The second kappa shape index (κ2) is 6.76. The maximum absolute atomic E-state index is 5.96. The number of hydrogen-bond acceptors (Lipinski definition) is 3. The van der Waals surface area contributed by atoms with Crippen molar-refractivity contribution in [3.63, 3.8) is 0 Å². The van der Waals surface area contributed by atoms with Gasteiger partial charge in [0, 0.05) is 12.6 Å². The van der Waals surface area contributed by atoms with Gasteiger partial charge in [0.05, 0.1) is 7.11 Å². The Balaban J connectivity index is 2.04. The Hall–Kier alpha value is -1.06. The number of ether oxygens (including phenoxy) is 1.